The van der Waals surface area contributed by atoms with Crippen LogP contribution >= 0.6 is 11.8 Å². The average Bonchev–Trinajstić information content (AvgIpc) is 3.45. The quantitative estimate of drug-likeness (QED) is 0.646. The van der Waals surface area contributed by atoms with E-state index in [1.807, 2.05) is 4.68 Å². The number of tetrazole rings is 1. The van der Waals surface area contributed by atoms with Crippen LogP contribution in [0.5, 0.6) is 0 Å². The molecule has 2 heterocycles. The molecule has 1 aliphatic heterocycles. The smallest absolute Gasteiger partial charge is 0.243 e. The maximum absolute atomic E-state index is 12.7. The van der Waals surface area contributed by atoms with Crippen molar-refractivity contribution in [3.8, 4) is 0 Å². The van der Waals surface area contributed by atoms with E-state index in [4.69, 9.17) is 0 Å². The average molecular weight is 451 g/mol. The summed E-state index contributed by atoms with van der Waals surface area (Å²) in [5, 5.41) is 15.4. The Kier molecular flexibility index (Phi) is 6.69. The number of nitrogens with zero attached hydrogens (tertiary/aromatic N) is 5. The van der Waals surface area contributed by atoms with E-state index in [1.54, 1.807) is 18.2 Å². The van der Waals surface area contributed by atoms with Crippen molar-refractivity contribution in [3.05, 3.63) is 24.3 Å². The van der Waals surface area contributed by atoms with Crippen LogP contribution in [0.3, 0.4) is 0 Å². The molecule has 9 nitrogen and oxygen atoms in total. The lowest BCUT2D eigenvalue weighted by atomic mass is 9.96. The van der Waals surface area contributed by atoms with Gasteiger partial charge < -0.3 is 5.32 Å². The van der Waals surface area contributed by atoms with Gasteiger partial charge in [-0.1, -0.05) is 37.1 Å². The van der Waals surface area contributed by atoms with Crippen LogP contribution in [-0.2, 0) is 14.8 Å². The zero-order valence-electron chi connectivity index (χ0n) is 16.7. The summed E-state index contributed by atoms with van der Waals surface area (Å²) in [7, 11) is -3.52. The normalized spacial score (nSPS) is 18.5. The molecule has 2 fully saturated rings. The highest BCUT2D eigenvalue weighted by atomic mass is 32.2. The van der Waals surface area contributed by atoms with Crippen molar-refractivity contribution in [2.45, 2.75) is 61.0 Å². The standard InChI is InChI=1S/C19H26N6O3S2/c26-18(14-29-19-21-22-23-25(19)16-8-2-1-3-9-16)20-15-7-6-10-17(13-15)30(27,28)24-11-4-5-12-24/h6-7,10,13,16H,1-5,8-9,11-12,14H2,(H,20,26). The van der Waals surface area contributed by atoms with Crippen molar-refractivity contribution in [1.82, 2.24) is 24.5 Å². The predicted molar refractivity (Wildman–Crippen MR) is 114 cm³/mol. The fraction of sp³-hybridized carbons (Fsp3) is 0.579. The Labute approximate surface area is 180 Å². The molecule has 2 aliphatic rings. The molecule has 1 aromatic carbocycles. The molecule has 30 heavy (non-hydrogen) atoms. The van der Waals surface area contributed by atoms with E-state index in [0.717, 1.165) is 25.7 Å². The predicted octanol–water partition coefficient (Wildman–Crippen LogP) is 2.69. The minimum atomic E-state index is -3.52. The second-order valence-electron chi connectivity index (χ2n) is 7.67. The highest BCUT2D eigenvalue weighted by Crippen LogP contribution is 2.30. The van der Waals surface area contributed by atoms with Crippen LogP contribution in [0.2, 0.25) is 0 Å². The number of anilines is 1. The molecule has 1 aromatic heterocycles. The van der Waals surface area contributed by atoms with E-state index in [1.165, 1.54) is 41.4 Å². The van der Waals surface area contributed by atoms with Crippen LogP contribution in [0.1, 0.15) is 51.0 Å². The molecule has 11 heteroatoms. The minimum absolute atomic E-state index is 0.149. The van der Waals surface area contributed by atoms with E-state index >= 15 is 0 Å². The molecule has 1 N–H and O–H groups in total. The highest BCUT2D eigenvalue weighted by Gasteiger charge is 2.27. The molecule has 162 valence electrons. The van der Waals surface area contributed by atoms with E-state index in [0.29, 0.717) is 30.0 Å². The number of hydrogen-bond donors (Lipinski definition) is 1. The second kappa shape index (κ2) is 9.44. The fourth-order valence-corrected chi connectivity index (χ4v) is 6.28. The van der Waals surface area contributed by atoms with E-state index < -0.39 is 10.0 Å². The first-order chi connectivity index (χ1) is 14.5. The number of nitrogens with one attached hydrogen (secondary N) is 1. The summed E-state index contributed by atoms with van der Waals surface area (Å²) in [6, 6.07) is 6.72. The SMILES string of the molecule is O=C(CSc1nnnn1C1CCCCC1)Nc1cccc(S(=O)(=O)N2CCCC2)c1. The number of benzene rings is 1. The van der Waals surface area contributed by atoms with Gasteiger partial charge in [0.05, 0.1) is 16.7 Å². The third-order valence-electron chi connectivity index (χ3n) is 5.54. The van der Waals surface area contributed by atoms with Gasteiger partial charge in [0.15, 0.2) is 0 Å². The van der Waals surface area contributed by atoms with E-state index in [-0.39, 0.29) is 16.6 Å². The van der Waals surface area contributed by atoms with Crippen molar-refractivity contribution < 1.29 is 13.2 Å². The van der Waals surface area contributed by atoms with Gasteiger partial charge in [0.1, 0.15) is 0 Å². The number of amides is 1. The molecule has 1 aliphatic carbocycles. The van der Waals surface area contributed by atoms with Gasteiger partial charge >= 0.3 is 0 Å². The Morgan fingerprint density at radius 1 is 1.13 bits per heavy atom. The zero-order valence-corrected chi connectivity index (χ0v) is 18.4. The molecule has 0 radical (unpaired) electrons. The molecule has 4 rings (SSSR count). The molecule has 1 saturated carbocycles. The number of rotatable bonds is 7. The topological polar surface area (TPSA) is 110 Å². The van der Waals surface area contributed by atoms with Gasteiger partial charge in [-0.15, -0.1) is 5.10 Å². The molecule has 0 unspecified atom stereocenters. The van der Waals surface area contributed by atoms with Gasteiger partial charge in [-0.3, -0.25) is 4.79 Å². The van der Waals surface area contributed by atoms with E-state index in [9.17, 15) is 13.2 Å². The van der Waals surface area contributed by atoms with Crippen LogP contribution in [-0.4, -0.2) is 57.7 Å². The van der Waals surface area contributed by atoms with Crippen molar-refractivity contribution in [2.75, 3.05) is 24.2 Å². The summed E-state index contributed by atoms with van der Waals surface area (Å²) >= 11 is 1.29. The fourth-order valence-electron chi connectivity index (χ4n) is 3.97. The van der Waals surface area contributed by atoms with Crippen LogP contribution in [0.15, 0.2) is 34.3 Å². The lowest BCUT2D eigenvalue weighted by Crippen LogP contribution is -2.28. The summed E-state index contributed by atoms with van der Waals surface area (Å²) in [6.45, 7) is 1.09. The van der Waals surface area contributed by atoms with E-state index in [2.05, 4.69) is 20.8 Å². The van der Waals surface area contributed by atoms with Gasteiger partial charge in [0.2, 0.25) is 21.1 Å². The summed E-state index contributed by atoms with van der Waals surface area (Å²) < 4.78 is 28.8. The van der Waals surface area contributed by atoms with Gasteiger partial charge in [-0.25, -0.2) is 13.1 Å². The Balaban J connectivity index is 1.37. The van der Waals surface area contributed by atoms with Crippen LogP contribution in [0, 0.1) is 0 Å². The number of thioether (sulfide) groups is 1. The number of sulfonamides is 1. The van der Waals surface area contributed by atoms with Crippen molar-refractivity contribution in [2.24, 2.45) is 0 Å². The van der Waals surface area contributed by atoms with Crippen LogP contribution < -0.4 is 5.32 Å². The first kappa shape index (κ1) is 21.3. The summed E-state index contributed by atoms with van der Waals surface area (Å²) in [6.07, 6.45) is 7.47. The minimum Gasteiger partial charge on any atom is -0.325 e. The molecular weight excluding hydrogens is 424 g/mol. The first-order valence-corrected chi connectivity index (χ1v) is 12.8. The molecule has 1 saturated heterocycles. The Hall–Kier alpha value is -1.98. The number of aromatic nitrogens is 4. The molecule has 0 atom stereocenters. The van der Waals surface area contributed by atoms with Gasteiger partial charge in [0.25, 0.3) is 0 Å². The number of hydrogen-bond acceptors (Lipinski definition) is 7. The summed E-state index contributed by atoms with van der Waals surface area (Å²) in [5.74, 6) is -0.0789. The Morgan fingerprint density at radius 2 is 1.90 bits per heavy atom. The zero-order chi connectivity index (χ0) is 21.0. The summed E-state index contributed by atoms with van der Waals surface area (Å²) in [4.78, 5) is 12.6. The Morgan fingerprint density at radius 3 is 2.67 bits per heavy atom. The van der Waals surface area contributed by atoms with Crippen molar-refractivity contribution in [1.29, 1.82) is 0 Å². The molecule has 2 aromatic rings. The summed E-state index contributed by atoms with van der Waals surface area (Å²) in [5.41, 5.74) is 0.466. The molecule has 0 spiro atoms. The van der Waals surface area contributed by atoms with Gasteiger partial charge in [-0.2, -0.15) is 4.31 Å². The third-order valence-corrected chi connectivity index (χ3v) is 8.36. The van der Waals surface area contributed by atoms with Crippen molar-refractivity contribution >= 4 is 33.4 Å². The lowest BCUT2D eigenvalue weighted by Gasteiger charge is -2.21. The molecular formula is C19H26N6O3S2. The molecule has 1 amide bonds. The lowest BCUT2D eigenvalue weighted by molar-refractivity contribution is -0.113. The largest absolute Gasteiger partial charge is 0.325 e. The maximum Gasteiger partial charge on any atom is 0.243 e. The van der Waals surface area contributed by atoms with Crippen LogP contribution in [0.4, 0.5) is 5.69 Å². The van der Waals surface area contributed by atoms with Gasteiger partial charge in [-0.05, 0) is 54.3 Å². The maximum atomic E-state index is 12.7. The monoisotopic (exact) mass is 450 g/mol. The number of carbonyl (C=O) groups excluding carboxylic acids is 1. The van der Waals surface area contributed by atoms with Crippen molar-refractivity contribution in [3.63, 3.8) is 0 Å². The van der Waals surface area contributed by atoms with Gasteiger partial charge in [0, 0.05) is 18.8 Å². The highest BCUT2D eigenvalue weighted by molar-refractivity contribution is 7.99. The third kappa shape index (κ3) is 4.84. The molecule has 0 bridgehead atoms. The van der Waals surface area contributed by atoms with Crippen LogP contribution in [0.25, 0.3) is 0 Å². The second-order valence-corrected chi connectivity index (χ2v) is 10.6. The first-order valence-electron chi connectivity index (χ1n) is 10.3. The Bertz CT molecular complexity index is 982. The number of carbonyl (C=O) groups is 1.